The average molecular weight is 340 g/mol. The Morgan fingerprint density at radius 1 is 1.20 bits per heavy atom. The monoisotopic (exact) mass is 340 g/mol. The van der Waals surface area contributed by atoms with Crippen molar-refractivity contribution in [1.29, 1.82) is 0 Å². The maximum atomic E-state index is 12.3. The SMILES string of the molecule is CC(=O)[C@H]1CC[C@H]2[C@@H]3CCC4=CC(=O)C(C)=C[C@]4(C)C34O[C@H]4C[C@]12C. The Hall–Kier alpha value is -1.22. The van der Waals surface area contributed by atoms with Crippen molar-refractivity contribution in [3.63, 3.8) is 0 Å². The van der Waals surface area contributed by atoms with Gasteiger partial charge in [0, 0.05) is 11.3 Å². The van der Waals surface area contributed by atoms with Gasteiger partial charge in [0.05, 0.1) is 6.10 Å². The van der Waals surface area contributed by atoms with Gasteiger partial charge in [0.2, 0.25) is 0 Å². The number of hydrogen-bond donors (Lipinski definition) is 0. The second-order valence-corrected chi connectivity index (χ2v) is 9.67. The van der Waals surface area contributed by atoms with Crippen molar-refractivity contribution in [1.82, 2.24) is 0 Å². The molecule has 1 saturated heterocycles. The number of hydrogen-bond acceptors (Lipinski definition) is 3. The fraction of sp³-hybridized carbons (Fsp3) is 0.727. The number of ether oxygens (including phenoxy) is 1. The smallest absolute Gasteiger partial charge is 0.181 e. The van der Waals surface area contributed by atoms with Crippen molar-refractivity contribution in [3.05, 3.63) is 23.3 Å². The van der Waals surface area contributed by atoms with Crippen LogP contribution in [0.3, 0.4) is 0 Å². The van der Waals surface area contributed by atoms with Crippen molar-refractivity contribution in [2.75, 3.05) is 0 Å². The van der Waals surface area contributed by atoms with Gasteiger partial charge in [0.15, 0.2) is 5.78 Å². The lowest BCUT2D eigenvalue weighted by atomic mass is 9.47. The van der Waals surface area contributed by atoms with Gasteiger partial charge in [-0.2, -0.15) is 0 Å². The highest BCUT2D eigenvalue weighted by Crippen LogP contribution is 2.75. The van der Waals surface area contributed by atoms with E-state index in [-0.39, 0.29) is 34.2 Å². The largest absolute Gasteiger partial charge is 0.364 e. The van der Waals surface area contributed by atoms with Gasteiger partial charge in [0.25, 0.3) is 0 Å². The van der Waals surface area contributed by atoms with Crippen molar-refractivity contribution in [2.45, 2.75) is 71.5 Å². The molecule has 0 aromatic rings. The predicted molar refractivity (Wildman–Crippen MR) is 94.9 cm³/mol. The number of Topliss-reactive ketones (excluding diaryl/α,β-unsaturated/α-hetero) is 1. The van der Waals surface area contributed by atoms with E-state index in [2.05, 4.69) is 19.9 Å². The third-order valence-corrected chi connectivity index (χ3v) is 8.72. The van der Waals surface area contributed by atoms with Gasteiger partial charge >= 0.3 is 0 Å². The molecule has 1 heterocycles. The zero-order valence-electron chi connectivity index (χ0n) is 15.7. The number of carbonyl (C=O) groups excluding carboxylic acids is 2. The summed E-state index contributed by atoms with van der Waals surface area (Å²) in [7, 11) is 0. The molecule has 1 unspecified atom stereocenters. The molecule has 0 aromatic heterocycles. The first-order valence-corrected chi connectivity index (χ1v) is 9.87. The Balaban J connectivity index is 1.59. The van der Waals surface area contributed by atoms with E-state index >= 15 is 0 Å². The summed E-state index contributed by atoms with van der Waals surface area (Å²) in [5.74, 6) is 1.82. The Bertz CT molecular complexity index is 761. The minimum absolute atomic E-state index is 0.0992. The van der Waals surface area contributed by atoms with Crippen LogP contribution in [0.2, 0.25) is 0 Å². The zero-order valence-corrected chi connectivity index (χ0v) is 15.7. The average Bonchev–Trinajstić information content (AvgIpc) is 3.13. The molecule has 25 heavy (non-hydrogen) atoms. The third-order valence-electron chi connectivity index (χ3n) is 8.72. The zero-order chi connectivity index (χ0) is 17.8. The molecular weight excluding hydrogens is 312 g/mol. The van der Waals surface area contributed by atoms with Gasteiger partial charge in [-0.1, -0.05) is 18.6 Å². The topological polar surface area (TPSA) is 46.7 Å². The van der Waals surface area contributed by atoms with E-state index in [9.17, 15) is 9.59 Å². The van der Waals surface area contributed by atoms with Crippen LogP contribution >= 0.6 is 0 Å². The van der Waals surface area contributed by atoms with E-state index in [0.717, 1.165) is 37.7 Å². The summed E-state index contributed by atoms with van der Waals surface area (Å²) >= 11 is 0. The summed E-state index contributed by atoms with van der Waals surface area (Å²) in [5.41, 5.74) is 1.95. The van der Waals surface area contributed by atoms with Crippen molar-refractivity contribution >= 4 is 11.6 Å². The molecule has 0 bridgehead atoms. The molecule has 0 N–H and O–H groups in total. The summed E-state index contributed by atoms with van der Waals surface area (Å²) in [6.45, 7) is 8.35. The van der Waals surface area contributed by atoms with Crippen molar-refractivity contribution < 1.29 is 14.3 Å². The predicted octanol–water partition coefficient (Wildman–Crippen LogP) is 4.02. The van der Waals surface area contributed by atoms with Crippen LogP contribution in [-0.4, -0.2) is 23.3 Å². The number of fused-ring (bicyclic) bond motifs is 3. The van der Waals surface area contributed by atoms with E-state index in [1.54, 1.807) is 6.92 Å². The van der Waals surface area contributed by atoms with Gasteiger partial charge < -0.3 is 4.74 Å². The van der Waals surface area contributed by atoms with Gasteiger partial charge in [-0.25, -0.2) is 0 Å². The Morgan fingerprint density at radius 3 is 2.68 bits per heavy atom. The summed E-state index contributed by atoms with van der Waals surface area (Å²) in [4.78, 5) is 24.5. The maximum Gasteiger partial charge on any atom is 0.181 e. The molecule has 5 rings (SSSR count). The molecule has 3 heteroatoms. The number of ketones is 2. The highest BCUT2D eigenvalue weighted by molar-refractivity contribution is 6.05. The summed E-state index contributed by atoms with van der Waals surface area (Å²) in [6, 6.07) is 0. The molecule has 0 radical (unpaired) electrons. The van der Waals surface area contributed by atoms with Crippen LogP contribution in [0.25, 0.3) is 0 Å². The fourth-order valence-electron chi connectivity index (χ4n) is 7.59. The second kappa shape index (κ2) is 4.54. The molecule has 4 aliphatic carbocycles. The summed E-state index contributed by atoms with van der Waals surface area (Å²) in [5, 5.41) is 0. The molecule has 4 fully saturated rings. The van der Waals surface area contributed by atoms with E-state index in [0.29, 0.717) is 17.6 Å². The molecular formula is C22H28O3. The molecule has 3 saturated carbocycles. The minimum atomic E-state index is -0.145. The van der Waals surface area contributed by atoms with Gasteiger partial charge in [-0.3, -0.25) is 9.59 Å². The Morgan fingerprint density at radius 2 is 1.96 bits per heavy atom. The van der Waals surface area contributed by atoms with Crippen LogP contribution in [0.1, 0.15) is 59.8 Å². The first kappa shape index (κ1) is 16.0. The molecule has 5 aliphatic rings. The van der Waals surface area contributed by atoms with Crippen LogP contribution in [0, 0.1) is 28.6 Å². The van der Waals surface area contributed by atoms with E-state index in [4.69, 9.17) is 4.74 Å². The van der Waals surface area contributed by atoms with Crippen molar-refractivity contribution in [3.8, 4) is 0 Å². The normalized spacial score (nSPS) is 53.0. The summed E-state index contributed by atoms with van der Waals surface area (Å²) in [6.07, 6.45) is 9.63. The lowest BCUT2D eigenvalue weighted by Gasteiger charge is -2.54. The van der Waals surface area contributed by atoms with Crippen LogP contribution in [0.5, 0.6) is 0 Å². The molecule has 3 nitrogen and oxygen atoms in total. The summed E-state index contributed by atoms with van der Waals surface area (Å²) < 4.78 is 6.55. The van der Waals surface area contributed by atoms with Gasteiger partial charge in [0.1, 0.15) is 11.4 Å². The highest BCUT2D eigenvalue weighted by Gasteiger charge is 2.79. The Kier molecular flexibility index (Phi) is 2.90. The first-order valence-electron chi connectivity index (χ1n) is 9.87. The minimum Gasteiger partial charge on any atom is -0.364 e. The second-order valence-electron chi connectivity index (χ2n) is 9.67. The highest BCUT2D eigenvalue weighted by atomic mass is 16.6. The van der Waals surface area contributed by atoms with Gasteiger partial charge in [-0.15, -0.1) is 0 Å². The van der Waals surface area contributed by atoms with E-state index in [1.807, 2.05) is 13.0 Å². The fourth-order valence-corrected chi connectivity index (χ4v) is 7.59. The lowest BCUT2D eigenvalue weighted by Crippen LogP contribution is -2.57. The molecule has 0 aromatic carbocycles. The van der Waals surface area contributed by atoms with Gasteiger partial charge in [-0.05, 0) is 81.8 Å². The van der Waals surface area contributed by atoms with Crippen LogP contribution < -0.4 is 0 Å². The first-order chi connectivity index (χ1) is 11.7. The number of carbonyl (C=O) groups is 2. The number of allylic oxidation sites excluding steroid dienone is 2. The number of epoxide rings is 1. The van der Waals surface area contributed by atoms with Crippen LogP contribution in [-0.2, 0) is 14.3 Å². The maximum absolute atomic E-state index is 12.3. The lowest BCUT2D eigenvalue weighted by molar-refractivity contribution is -0.126. The van der Waals surface area contributed by atoms with Crippen LogP contribution in [0.4, 0.5) is 0 Å². The van der Waals surface area contributed by atoms with Crippen LogP contribution in [0.15, 0.2) is 23.3 Å². The molecule has 0 amide bonds. The molecule has 1 spiro atoms. The quantitative estimate of drug-likeness (QED) is 0.677. The van der Waals surface area contributed by atoms with E-state index < -0.39 is 0 Å². The van der Waals surface area contributed by atoms with E-state index in [1.165, 1.54) is 5.57 Å². The molecule has 7 atom stereocenters. The molecule has 134 valence electrons. The Labute approximate surface area is 149 Å². The van der Waals surface area contributed by atoms with Crippen molar-refractivity contribution in [2.24, 2.45) is 28.6 Å². The standard InChI is InChI=1S/C22H28O3/c1-12-10-21(4)14(9-18(12)24)5-6-17-16-8-7-15(13(2)23)20(16,3)11-19-22(17,21)25-19/h9-10,15-17,19H,5-8,11H2,1-4H3/t15-,16+,17+,19+,20-,21+,22?/m1/s1. The number of rotatable bonds is 1. The third kappa shape index (κ3) is 1.67. The molecule has 1 aliphatic heterocycles.